The molecule has 2 aromatic rings. The van der Waals surface area contributed by atoms with Crippen molar-refractivity contribution in [3.05, 3.63) is 53.1 Å². The van der Waals surface area contributed by atoms with Crippen LogP contribution in [0, 0.1) is 19.7 Å². The summed E-state index contributed by atoms with van der Waals surface area (Å²) in [5.41, 5.74) is 5.80. The van der Waals surface area contributed by atoms with E-state index in [0.29, 0.717) is 12.1 Å². The van der Waals surface area contributed by atoms with Gasteiger partial charge in [-0.25, -0.2) is 9.82 Å². The molecule has 0 saturated carbocycles. The number of carbonyl (C=O) groups is 1. The highest BCUT2D eigenvalue weighted by Crippen LogP contribution is 2.06. The SMILES string of the molecule is CCC(=NNC(=O)Cn1nc(C)cc1C)c1ccc(F)cc1. The highest BCUT2D eigenvalue weighted by molar-refractivity contribution is 6.00. The number of aromatic nitrogens is 2. The Hall–Kier alpha value is -2.50. The van der Waals surface area contributed by atoms with E-state index in [1.807, 2.05) is 26.8 Å². The summed E-state index contributed by atoms with van der Waals surface area (Å²) >= 11 is 0. The molecule has 5 nitrogen and oxygen atoms in total. The lowest BCUT2D eigenvalue weighted by molar-refractivity contribution is -0.121. The molecule has 6 heteroatoms. The predicted molar refractivity (Wildman–Crippen MR) is 83.1 cm³/mol. The van der Waals surface area contributed by atoms with Gasteiger partial charge < -0.3 is 0 Å². The van der Waals surface area contributed by atoms with E-state index >= 15 is 0 Å². The molecular formula is C16H19FN4O. The second kappa shape index (κ2) is 6.98. The average Bonchev–Trinajstić information content (AvgIpc) is 2.79. The van der Waals surface area contributed by atoms with E-state index in [9.17, 15) is 9.18 Å². The molecule has 1 aromatic carbocycles. The number of amides is 1. The van der Waals surface area contributed by atoms with Crippen LogP contribution < -0.4 is 5.43 Å². The van der Waals surface area contributed by atoms with Crippen molar-refractivity contribution in [3.8, 4) is 0 Å². The van der Waals surface area contributed by atoms with Gasteiger partial charge in [0.25, 0.3) is 5.91 Å². The van der Waals surface area contributed by atoms with Gasteiger partial charge in [0.1, 0.15) is 12.4 Å². The molecule has 2 rings (SSSR count). The van der Waals surface area contributed by atoms with Gasteiger partial charge in [-0.05, 0) is 44.0 Å². The topological polar surface area (TPSA) is 59.3 Å². The zero-order valence-electron chi connectivity index (χ0n) is 12.9. The first-order chi connectivity index (χ1) is 10.5. The maximum atomic E-state index is 12.9. The molecule has 0 aliphatic carbocycles. The van der Waals surface area contributed by atoms with Crippen LogP contribution in [0.25, 0.3) is 0 Å². The number of nitrogens with zero attached hydrogens (tertiary/aromatic N) is 3. The smallest absolute Gasteiger partial charge is 0.261 e. The van der Waals surface area contributed by atoms with Crippen LogP contribution in [0.2, 0.25) is 0 Å². The van der Waals surface area contributed by atoms with E-state index in [-0.39, 0.29) is 18.3 Å². The van der Waals surface area contributed by atoms with E-state index in [2.05, 4.69) is 15.6 Å². The Balaban J connectivity index is 2.03. The number of halogens is 1. The minimum atomic E-state index is -0.298. The lowest BCUT2D eigenvalue weighted by Crippen LogP contribution is -2.25. The number of hydrazone groups is 1. The fourth-order valence-corrected chi connectivity index (χ4v) is 2.13. The van der Waals surface area contributed by atoms with Crippen molar-refractivity contribution in [1.82, 2.24) is 15.2 Å². The van der Waals surface area contributed by atoms with E-state index in [0.717, 1.165) is 17.0 Å². The van der Waals surface area contributed by atoms with Gasteiger partial charge in [0.05, 0.1) is 11.4 Å². The molecular weight excluding hydrogens is 283 g/mol. The number of carbonyl (C=O) groups excluding carboxylic acids is 1. The fourth-order valence-electron chi connectivity index (χ4n) is 2.13. The summed E-state index contributed by atoms with van der Waals surface area (Å²) in [7, 11) is 0. The molecule has 0 saturated heterocycles. The van der Waals surface area contributed by atoms with Crippen molar-refractivity contribution in [1.29, 1.82) is 0 Å². The molecule has 1 amide bonds. The minimum absolute atomic E-state index is 0.115. The molecule has 0 bridgehead atoms. The van der Waals surface area contributed by atoms with Crippen LogP contribution >= 0.6 is 0 Å². The van der Waals surface area contributed by atoms with Crippen LogP contribution in [0.3, 0.4) is 0 Å². The minimum Gasteiger partial charge on any atom is -0.271 e. The van der Waals surface area contributed by atoms with Crippen molar-refractivity contribution in [2.24, 2.45) is 5.10 Å². The molecule has 0 fully saturated rings. The fraction of sp³-hybridized carbons (Fsp3) is 0.312. The van der Waals surface area contributed by atoms with Crippen LogP contribution in [0.1, 0.15) is 30.3 Å². The summed E-state index contributed by atoms with van der Waals surface area (Å²) in [6, 6.07) is 7.94. The van der Waals surface area contributed by atoms with E-state index in [4.69, 9.17) is 0 Å². The molecule has 0 aliphatic heterocycles. The third-order valence-electron chi connectivity index (χ3n) is 3.22. The number of hydrogen-bond donors (Lipinski definition) is 1. The monoisotopic (exact) mass is 302 g/mol. The van der Waals surface area contributed by atoms with Crippen LogP contribution in [-0.2, 0) is 11.3 Å². The maximum Gasteiger partial charge on any atom is 0.261 e. The van der Waals surface area contributed by atoms with Crippen molar-refractivity contribution in [2.75, 3.05) is 0 Å². The molecule has 0 unspecified atom stereocenters. The highest BCUT2D eigenvalue weighted by atomic mass is 19.1. The zero-order valence-corrected chi connectivity index (χ0v) is 12.9. The Kier molecular flexibility index (Phi) is 5.04. The van der Waals surface area contributed by atoms with E-state index in [1.54, 1.807) is 16.8 Å². The normalized spacial score (nSPS) is 11.5. The second-order valence-electron chi connectivity index (χ2n) is 5.04. The van der Waals surface area contributed by atoms with Crippen molar-refractivity contribution in [3.63, 3.8) is 0 Å². The van der Waals surface area contributed by atoms with Crippen molar-refractivity contribution in [2.45, 2.75) is 33.7 Å². The third-order valence-corrected chi connectivity index (χ3v) is 3.22. The van der Waals surface area contributed by atoms with Gasteiger partial charge in [-0.2, -0.15) is 10.2 Å². The Morgan fingerprint density at radius 3 is 2.55 bits per heavy atom. The van der Waals surface area contributed by atoms with E-state index in [1.165, 1.54) is 12.1 Å². The Bertz CT molecular complexity index is 689. The number of benzene rings is 1. The lowest BCUT2D eigenvalue weighted by atomic mass is 10.1. The van der Waals surface area contributed by atoms with Crippen molar-refractivity contribution < 1.29 is 9.18 Å². The van der Waals surface area contributed by atoms with Crippen LogP contribution in [0.15, 0.2) is 35.4 Å². The third kappa shape index (κ3) is 4.00. The van der Waals surface area contributed by atoms with Crippen LogP contribution in [0.4, 0.5) is 4.39 Å². The number of aryl methyl sites for hydroxylation is 2. The molecule has 0 radical (unpaired) electrons. The van der Waals surface area contributed by atoms with Gasteiger partial charge in [0.2, 0.25) is 0 Å². The van der Waals surface area contributed by atoms with Gasteiger partial charge in [0, 0.05) is 5.69 Å². The first kappa shape index (κ1) is 15.9. The van der Waals surface area contributed by atoms with Crippen LogP contribution in [0.5, 0.6) is 0 Å². The van der Waals surface area contributed by atoms with Gasteiger partial charge in [-0.3, -0.25) is 9.48 Å². The molecule has 22 heavy (non-hydrogen) atoms. The maximum absolute atomic E-state index is 12.9. The quantitative estimate of drug-likeness (QED) is 0.681. The highest BCUT2D eigenvalue weighted by Gasteiger charge is 2.07. The van der Waals surface area contributed by atoms with Gasteiger partial charge >= 0.3 is 0 Å². The van der Waals surface area contributed by atoms with Crippen LogP contribution in [-0.4, -0.2) is 21.4 Å². The number of rotatable bonds is 5. The molecule has 0 spiro atoms. The molecule has 116 valence electrons. The molecule has 1 aromatic heterocycles. The molecule has 1 heterocycles. The summed E-state index contributed by atoms with van der Waals surface area (Å²) in [4.78, 5) is 11.9. The van der Waals surface area contributed by atoms with E-state index < -0.39 is 0 Å². The largest absolute Gasteiger partial charge is 0.271 e. The standard InChI is InChI=1S/C16H19FN4O/c1-4-15(13-5-7-14(17)8-6-13)18-19-16(22)10-21-12(3)9-11(2)20-21/h5-9H,4,10H2,1-3H3,(H,19,22). The molecule has 1 N–H and O–H groups in total. The van der Waals surface area contributed by atoms with Gasteiger partial charge in [0.15, 0.2) is 0 Å². The molecule has 0 aliphatic rings. The Morgan fingerprint density at radius 1 is 1.32 bits per heavy atom. The number of nitrogens with one attached hydrogen (secondary N) is 1. The summed E-state index contributed by atoms with van der Waals surface area (Å²) < 4.78 is 14.6. The average molecular weight is 302 g/mol. The summed E-state index contributed by atoms with van der Waals surface area (Å²) in [6.45, 7) is 5.81. The summed E-state index contributed by atoms with van der Waals surface area (Å²) in [5, 5.41) is 8.36. The van der Waals surface area contributed by atoms with Gasteiger partial charge in [-0.15, -0.1) is 0 Å². The van der Waals surface area contributed by atoms with Crippen molar-refractivity contribution >= 4 is 11.6 Å². The summed E-state index contributed by atoms with van der Waals surface area (Å²) in [6.07, 6.45) is 0.631. The lowest BCUT2D eigenvalue weighted by Gasteiger charge is -2.06. The predicted octanol–water partition coefficient (Wildman–Crippen LogP) is 2.57. The first-order valence-electron chi connectivity index (χ1n) is 7.12. The molecule has 0 atom stereocenters. The Labute approximate surface area is 128 Å². The Morgan fingerprint density at radius 2 is 2.00 bits per heavy atom. The summed E-state index contributed by atoms with van der Waals surface area (Å²) in [5.74, 6) is -0.549. The number of hydrogen-bond acceptors (Lipinski definition) is 3. The second-order valence-corrected chi connectivity index (χ2v) is 5.04. The first-order valence-corrected chi connectivity index (χ1v) is 7.12. The van der Waals surface area contributed by atoms with Gasteiger partial charge in [-0.1, -0.05) is 19.1 Å². The zero-order chi connectivity index (χ0) is 16.1.